The number of ether oxygens (including phenoxy) is 2. The van der Waals surface area contributed by atoms with Crippen LogP contribution in [0.3, 0.4) is 0 Å². The van der Waals surface area contributed by atoms with E-state index >= 15 is 0 Å². The number of nitrogens with zero attached hydrogens (tertiary/aromatic N) is 1. The Balaban J connectivity index is 1.62. The molecule has 0 aliphatic rings. The Morgan fingerprint density at radius 1 is 1.00 bits per heavy atom. The Morgan fingerprint density at radius 3 is 2.43 bits per heavy atom. The summed E-state index contributed by atoms with van der Waals surface area (Å²) in [6.07, 6.45) is 1.72. The van der Waals surface area contributed by atoms with Gasteiger partial charge in [0.25, 0.3) is 0 Å². The molecule has 3 aromatic rings. The van der Waals surface area contributed by atoms with Crippen LogP contribution >= 0.6 is 11.6 Å². The number of hydrogen-bond acceptors (Lipinski definition) is 5. The molecule has 1 amide bonds. The van der Waals surface area contributed by atoms with E-state index in [-0.39, 0.29) is 18.1 Å². The Labute approximate surface area is 179 Å². The number of hydrazone groups is 1. The molecule has 0 aliphatic heterocycles. The van der Waals surface area contributed by atoms with Crippen LogP contribution in [0.1, 0.15) is 21.5 Å². The number of halogens is 1. The van der Waals surface area contributed by atoms with Crippen molar-refractivity contribution in [2.75, 3.05) is 7.11 Å². The van der Waals surface area contributed by atoms with Gasteiger partial charge in [0.1, 0.15) is 0 Å². The van der Waals surface area contributed by atoms with Gasteiger partial charge in [-0.15, -0.1) is 0 Å². The molecule has 0 saturated heterocycles. The third-order valence-corrected chi connectivity index (χ3v) is 4.33. The van der Waals surface area contributed by atoms with E-state index in [2.05, 4.69) is 10.5 Å². The van der Waals surface area contributed by atoms with Gasteiger partial charge in [0.05, 0.1) is 25.3 Å². The summed E-state index contributed by atoms with van der Waals surface area (Å²) in [4.78, 5) is 24.2. The van der Waals surface area contributed by atoms with Gasteiger partial charge in [-0.2, -0.15) is 5.10 Å². The lowest BCUT2D eigenvalue weighted by Gasteiger charge is -2.10. The van der Waals surface area contributed by atoms with E-state index in [0.717, 1.165) is 5.56 Å². The normalized spacial score (nSPS) is 10.6. The van der Waals surface area contributed by atoms with Crippen LogP contribution in [0.15, 0.2) is 77.9 Å². The third-order valence-electron chi connectivity index (χ3n) is 4.08. The average Bonchev–Trinajstić information content (AvgIpc) is 2.75. The molecule has 3 aromatic carbocycles. The first kappa shape index (κ1) is 21.1. The van der Waals surface area contributed by atoms with Crippen LogP contribution in [0.5, 0.6) is 11.5 Å². The summed E-state index contributed by atoms with van der Waals surface area (Å²) in [6.45, 7) is 0. The van der Waals surface area contributed by atoms with E-state index in [9.17, 15) is 9.59 Å². The Bertz CT molecular complexity index is 1050. The summed E-state index contributed by atoms with van der Waals surface area (Å²) in [5.41, 5.74) is 4.42. The summed E-state index contributed by atoms with van der Waals surface area (Å²) in [5.74, 6) is -0.128. The lowest BCUT2D eigenvalue weighted by Crippen LogP contribution is -2.19. The summed E-state index contributed by atoms with van der Waals surface area (Å²) >= 11 is 5.83. The van der Waals surface area contributed by atoms with Crippen LogP contribution in [0.25, 0.3) is 0 Å². The number of amides is 1. The molecule has 0 spiro atoms. The number of rotatable bonds is 7. The van der Waals surface area contributed by atoms with Crippen LogP contribution in [0.2, 0.25) is 5.02 Å². The predicted octanol–water partition coefficient (Wildman–Crippen LogP) is 4.26. The number of hydrogen-bond donors (Lipinski definition) is 1. The highest BCUT2D eigenvalue weighted by atomic mass is 35.5. The largest absolute Gasteiger partial charge is 0.493 e. The van der Waals surface area contributed by atoms with E-state index < -0.39 is 5.97 Å². The van der Waals surface area contributed by atoms with Crippen LogP contribution in [-0.2, 0) is 11.2 Å². The van der Waals surface area contributed by atoms with Gasteiger partial charge in [-0.05, 0) is 53.6 Å². The summed E-state index contributed by atoms with van der Waals surface area (Å²) in [6, 6.07) is 20.7. The Kier molecular flexibility index (Phi) is 7.19. The summed E-state index contributed by atoms with van der Waals surface area (Å²) in [5, 5.41) is 4.49. The fourth-order valence-corrected chi connectivity index (χ4v) is 2.72. The van der Waals surface area contributed by atoms with Crippen molar-refractivity contribution in [1.29, 1.82) is 0 Å². The second-order valence-electron chi connectivity index (χ2n) is 6.26. The molecule has 0 saturated carbocycles. The van der Waals surface area contributed by atoms with Gasteiger partial charge in [0, 0.05) is 5.02 Å². The summed E-state index contributed by atoms with van der Waals surface area (Å²) in [7, 11) is 1.47. The minimum atomic E-state index is -0.528. The highest BCUT2D eigenvalue weighted by molar-refractivity contribution is 6.30. The van der Waals surface area contributed by atoms with Gasteiger partial charge >= 0.3 is 5.97 Å². The predicted molar refractivity (Wildman–Crippen MR) is 115 cm³/mol. The summed E-state index contributed by atoms with van der Waals surface area (Å²) < 4.78 is 10.7. The van der Waals surface area contributed by atoms with Crippen LogP contribution in [-0.4, -0.2) is 25.2 Å². The average molecular weight is 423 g/mol. The van der Waals surface area contributed by atoms with Crippen molar-refractivity contribution >= 4 is 29.7 Å². The van der Waals surface area contributed by atoms with Crippen LogP contribution < -0.4 is 14.9 Å². The van der Waals surface area contributed by atoms with E-state index in [1.54, 1.807) is 42.5 Å². The first-order chi connectivity index (χ1) is 14.5. The number of esters is 1. The van der Waals surface area contributed by atoms with Crippen LogP contribution in [0.4, 0.5) is 0 Å². The zero-order valence-electron chi connectivity index (χ0n) is 16.2. The molecule has 3 rings (SSSR count). The molecule has 30 heavy (non-hydrogen) atoms. The fraction of sp³-hybridized carbons (Fsp3) is 0.0870. The Hall–Kier alpha value is -3.64. The van der Waals surface area contributed by atoms with Crippen LogP contribution in [0, 0.1) is 0 Å². The SMILES string of the molecule is COc1cc(/C=N/NC(=O)Cc2ccccc2)ccc1OC(=O)c1ccc(Cl)cc1. The Morgan fingerprint density at radius 2 is 1.73 bits per heavy atom. The maximum Gasteiger partial charge on any atom is 0.343 e. The standard InChI is InChI=1S/C23H19ClN2O4/c1-29-21-13-17(15-25-26-22(27)14-16-5-3-2-4-6-16)7-12-20(21)30-23(28)18-8-10-19(24)11-9-18/h2-13,15H,14H2,1H3,(H,26,27)/b25-15+. The molecule has 7 heteroatoms. The number of benzene rings is 3. The van der Waals surface area contributed by atoms with Crippen molar-refractivity contribution in [3.8, 4) is 11.5 Å². The molecule has 0 heterocycles. The zero-order chi connectivity index (χ0) is 21.3. The minimum Gasteiger partial charge on any atom is -0.493 e. The molecule has 152 valence electrons. The molecule has 0 bridgehead atoms. The maximum atomic E-state index is 12.3. The molecule has 6 nitrogen and oxygen atoms in total. The molecule has 0 unspecified atom stereocenters. The van der Waals surface area contributed by atoms with E-state index in [0.29, 0.717) is 21.9 Å². The first-order valence-electron chi connectivity index (χ1n) is 9.07. The smallest absolute Gasteiger partial charge is 0.343 e. The van der Waals surface area contributed by atoms with Crippen molar-refractivity contribution in [2.45, 2.75) is 6.42 Å². The molecule has 0 aromatic heterocycles. The van der Waals surface area contributed by atoms with Crippen molar-refractivity contribution < 1.29 is 19.1 Å². The van der Waals surface area contributed by atoms with E-state index in [1.165, 1.54) is 13.3 Å². The van der Waals surface area contributed by atoms with Gasteiger partial charge in [-0.25, -0.2) is 10.2 Å². The molecule has 1 N–H and O–H groups in total. The molecule has 0 radical (unpaired) electrons. The third kappa shape index (κ3) is 5.93. The highest BCUT2D eigenvalue weighted by Crippen LogP contribution is 2.28. The van der Waals surface area contributed by atoms with E-state index in [4.69, 9.17) is 21.1 Å². The lowest BCUT2D eigenvalue weighted by atomic mass is 10.1. The molecule has 0 aliphatic carbocycles. The minimum absolute atomic E-state index is 0.224. The quantitative estimate of drug-likeness (QED) is 0.267. The molecular formula is C23H19ClN2O4. The maximum absolute atomic E-state index is 12.3. The molecule has 0 atom stereocenters. The second kappa shape index (κ2) is 10.2. The molecular weight excluding hydrogens is 404 g/mol. The lowest BCUT2D eigenvalue weighted by molar-refractivity contribution is -0.120. The van der Waals surface area contributed by atoms with Gasteiger partial charge in [0.2, 0.25) is 5.91 Å². The van der Waals surface area contributed by atoms with Gasteiger partial charge in [0.15, 0.2) is 11.5 Å². The van der Waals surface area contributed by atoms with Crippen molar-refractivity contribution in [3.63, 3.8) is 0 Å². The topological polar surface area (TPSA) is 77.0 Å². The second-order valence-corrected chi connectivity index (χ2v) is 6.70. The fourth-order valence-electron chi connectivity index (χ4n) is 2.59. The number of nitrogens with one attached hydrogen (secondary N) is 1. The monoisotopic (exact) mass is 422 g/mol. The number of carbonyl (C=O) groups excluding carboxylic acids is 2. The zero-order valence-corrected chi connectivity index (χ0v) is 16.9. The van der Waals surface area contributed by atoms with Gasteiger partial charge in [-0.3, -0.25) is 4.79 Å². The van der Waals surface area contributed by atoms with Crippen molar-refractivity contribution in [3.05, 3.63) is 94.5 Å². The van der Waals surface area contributed by atoms with Crippen molar-refractivity contribution in [1.82, 2.24) is 5.43 Å². The van der Waals surface area contributed by atoms with Gasteiger partial charge in [-0.1, -0.05) is 41.9 Å². The number of methoxy groups -OCH3 is 1. The highest BCUT2D eigenvalue weighted by Gasteiger charge is 2.13. The number of carbonyl (C=O) groups is 2. The van der Waals surface area contributed by atoms with Crippen molar-refractivity contribution in [2.24, 2.45) is 5.10 Å². The molecule has 0 fully saturated rings. The first-order valence-corrected chi connectivity index (χ1v) is 9.44. The van der Waals surface area contributed by atoms with E-state index in [1.807, 2.05) is 30.3 Å². The van der Waals surface area contributed by atoms with Gasteiger partial charge < -0.3 is 9.47 Å².